The Hall–Kier alpha value is -3.28. The van der Waals surface area contributed by atoms with Crippen molar-refractivity contribution in [2.75, 3.05) is 20.2 Å². The summed E-state index contributed by atoms with van der Waals surface area (Å²) in [6, 6.07) is 14.1. The van der Waals surface area contributed by atoms with E-state index in [1.54, 1.807) is 24.9 Å². The number of para-hydroxylation sites is 2. The first-order chi connectivity index (χ1) is 13.5. The third-order valence-electron chi connectivity index (χ3n) is 5.14. The molecule has 0 saturated carbocycles. The van der Waals surface area contributed by atoms with Crippen LogP contribution in [0, 0.1) is 0 Å². The van der Waals surface area contributed by atoms with Crippen LogP contribution in [0.3, 0.4) is 0 Å². The molecule has 2 heterocycles. The molecule has 0 aliphatic carbocycles. The van der Waals surface area contributed by atoms with Crippen LogP contribution in [0.25, 0.3) is 5.70 Å². The zero-order chi connectivity index (χ0) is 19.8. The zero-order valence-corrected chi connectivity index (χ0v) is 15.9. The summed E-state index contributed by atoms with van der Waals surface area (Å²) in [6.07, 6.45) is -0.272. The smallest absolute Gasteiger partial charge is 0.259 e. The summed E-state index contributed by atoms with van der Waals surface area (Å²) in [5.41, 5.74) is 1.91. The topological polar surface area (TPSA) is 59.1 Å². The Morgan fingerprint density at radius 1 is 1.18 bits per heavy atom. The van der Waals surface area contributed by atoms with E-state index in [1.165, 1.54) is 4.90 Å². The van der Waals surface area contributed by atoms with Gasteiger partial charge in [-0.1, -0.05) is 36.9 Å². The fraction of sp³-hybridized carbons (Fsp3) is 0.273. The lowest BCUT2D eigenvalue weighted by Crippen LogP contribution is -2.49. The minimum atomic E-state index is -0.658. The number of likely N-dealkylation sites (N-methyl/N-ethyl adjacent to an activating group) is 1. The van der Waals surface area contributed by atoms with Crippen molar-refractivity contribution in [3.8, 4) is 11.5 Å². The molecule has 6 nitrogen and oxygen atoms in total. The van der Waals surface area contributed by atoms with Gasteiger partial charge < -0.3 is 14.4 Å². The number of carbonyl (C=O) groups is 2. The van der Waals surface area contributed by atoms with Crippen LogP contribution >= 0.6 is 0 Å². The number of amides is 2. The highest BCUT2D eigenvalue weighted by Crippen LogP contribution is 2.34. The van der Waals surface area contributed by atoms with Crippen LogP contribution in [0.5, 0.6) is 11.5 Å². The summed E-state index contributed by atoms with van der Waals surface area (Å²) < 4.78 is 11.6. The third kappa shape index (κ3) is 3.01. The normalized spacial score (nSPS) is 18.6. The van der Waals surface area contributed by atoms with Gasteiger partial charge in [-0.3, -0.25) is 14.5 Å². The maximum atomic E-state index is 13.0. The van der Waals surface area contributed by atoms with Crippen LogP contribution < -0.4 is 9.47 Å². The monoisotopic (exact) mass is 378 g/mol. The number of carbonyl (C=O) groups excluding carboxylic acids is 2. The van der Waals surface area contributed by atoms with Crippen molar-refractivity contribution >= 4 is 17.5 Å². The fourth-order valence-electron chi connectivity index (χ4n) is 3.69. The second-order valence-electron chi connectivity index (χ2n) is 7.06. The second kappa shape index (κ2) is 7.03. The molecular weight excluding hydrogens is 356 g/mol. The molecule has 2 aliphatic heterocycles. The number of nitrogens with zero attached hydrogens (tertiary/aromatic N) is 2. The van der Waals surface area contributed by atoms with Crippen molar-refractivity contribution < 1.29 is 19.1 Å². The van der Waals surface area contributed by atoms with Gasteiger partial charge in [-0.05, 0) is 25.1 Å². The number of benzene rings is 2. The Kier molecular flexibility index (Phi) is 4.55. The first kappa shape index (κ1) is 18.1. The van der Waals surface area contributed by atoms with Crippen molar-refractivity contribution in [1.29, 1.82) is 0 Å². The molecule has 2 amide bonds. The summed E-state index contributed by atoms with van der Waals surface area (Å²) in [5, 5.41) is 0. The molecule has 28 heavy (non-hydrogen) atoms. The minimum absolute atomic E-state index is 0.176. The molecular formula is C22H22N2O4. The van der Waals surface area contributed by atoms with E-state index in [0.29, 0.717) is 35.9 Å². The highest BCUT2D eigenvalue weighted by Gasteiger charge is 2.38. The Bertz CT molecular complexity index is 920. The van der Waals surface area contributed by atoms with Gasteiger partial charge in [-0.25, -0.2) is 0 Å². The summed E-state index contributed by atoms with van der Waals surface area (Å²) >= 11 is 0. The fourth-order valence-corrected chi connectivity index (χ4v) is 3.69. The van der Waals surface area contributed by atoms with Crippen LogP contribution in [-0.2, 0) is 4.79 Å². The first-order valence-electron chi connectivity index (χ1n) is 9.22. The maximum absolute atomic E-state index is 13.0. The van der Waals surface area contributed by atoms with Crippen LogP contribution in [-0.4, -0.2) is 54.0 Å². The van der Waals surface area contributed by atoms with Gasteiger partial charge >= 0.3 is 0 Å². The average molecular weight is 378 g/mol. The largest absolute Gasteiger partial charge is 0.486 e. The molecule has 0 radical (unpaired) electrons. The number of ether oxygens (including phenoxy) is 2. The van der Waals surface area contributed by atoms with Crippen LogP contribution in [0.1, 0.15) is 22.8 Å². The van der Waals surface area contributed by atoms with E-state index in [2.05, 4.69) is 6.58 Å². The molecule has 144 valence electrons. The zero-order valence-electron chi connectivity index (χ0n) is 15.9. The van der Waals surface area contributed by atoms with Crippen molar-refractivity contribution in [3.05, 3.63) is 66.2 Å². The molecule has 2 aromatic rings. The molecule has 2 atom stereocenters. The van der Waals surface area contributed by atoms with E-state index in [-0.39, 0.29) is 17.9 Å². The number of rotatable bonds is 4. The molecule has 6 heteroatoms. The number of hydrogen-bond acceptors (Lipinski definition) is 4. The quantitative estimate of drug-likeness (QED) is 0.821. The van der Waals surface area contributed by atoms with Gasteiger partial charge in [0.05, 0.1) is 6.54 Å². The molecule has 0 aromatic heterocycles. The second-order valence-corrected chi connectivity index (χ2v) is 7.06. The minimum Gasteiger partial charge on any atom is -0.486 e. The lowest BCUT2D eigenvalue weighted by atomic mass is 10.1. The molecule has 0 fully saturated rings. The van der Waals surface area contributed by atoms with E-state index in [1.807, 2.05) is 42.5 Å². The summed E-state index contributed by atoms with van der Waals surface area (Å²) in [5.74, 6) is 1.01. The molecule has 2 aromatic carbocycles. The van der Waals surface area contributed by atoms with Gasteiger partial charge in [0.25, 0.3) is 5.91 Å². The summed E-state index contributed by atoms with van der Waals surface area (Å²) in [7, 11) is 1.71. The molecule has 0 N–H and O–H groups in total. The summed E-state index contributed by atoms with van der Waals surface area (Å²) in [6.45, 7) is 6.47. The Labute approximate surface area is 164 Å². The number of hydrogen-bond donors (Lipinski definition) is 0. The van der Waals surface area contributed by atoms with E-state index in [0.717, 1.165) is 5.56 Å². The average Bonchev–Trinajstić information content (AvgIpc) is 2.97. The first-order valence-corrected chi connectivity index (χ1v) is 9.22. The van der Waals surface area contributed by atoms with Gasteiger partial charge in [0.1, 0.15) is 12.6 Å². The lowest BCUT2D eigenvalue weighted by Gasteiger charge is -2.32. The van der Waals surface area contributed by atoms with Gasteiger partial charge in [-0.15, -0.1) is 0 Å². The molecule has 4 rings (SSSR count). The van der Waals surface area contributed by atoms with E-state index in [9.17, 15) is 9.59 Å². The van der Waals surface area contributed by atoms with E-state index >= 15 is 0 Å². The molecule has 0 unspecified atom stereocenters. The van der Waals surface area contributed by atoms with Gasteiger partial charge in [-0.2, -0.15) is 0 Å². The number of fused-ring (bicyclic) bond motifs is 2. The van der Waals surface area contributed by atoms with Crippen molar-refractivity contribution in [2.45, 2.75) is 19.1 Å². The van der Waals surface area contributed by atoms with Crippen molar-refractivity contribution in [1.82, 2.24) is 9.80 Å². The SMILES string of the molecule is C=C1c2ccccc2C(=O)N1[C@H](C)C(=O)N(C)C[C@@H]1COc2ccccc2O1. The maximum Gasteiger partial charge on any atom is 0.259 e. The van der Waals surface area contributed by atoms with Crippen molar-refractivity contribution in [2.24, 2.45) is 0 Å². The Morgan fingerprint density at radius 3 is 2.54 bits per heavy atom. The van der Waals surface area contributed by atoms with E-state index in [4.69, 9.17) is 9.47 Å². The standard InChI is InChI=1S/C22H22N2O4/c1-14-17-8-4-5-9-18(17)22(26)24(14)15(2)21(25)23(3)12-16-13-27-19-10-6-7-11-20(19)28-16/h4-11,15-16H,1,12-13H2,2-3H3/t15-,16-/m1/s1. The molecule has 2 aliphatic rings. The van der Waals surface area contributed by atoms with Crippen molar-refractivity contribution in [3.63, 3.8) is 0 Å². The highest BCUT2D eigenvalue weighted by molar-refractivity contribution is 6.10. The highest BCUT2D eigenvalue weighted by atomic mass is 16.6. The van der Waals surface area contributed by atoms with Gasteiger partial charge in [0.15, 0.2) is 17.6 Å². The lowest BCUT2D eigenvalue weighted by molar-refractivity contribution is -0.134. The predicted octanol–water partition coefficient (Wildman–Crippen LogP) is 2.80. The molecule has 0 spiro atoms. The molecule has 0 saturated heterocycles. The Balaban J connectivity index is 1.43. The summed E-state index contributed by atoms with van der Waals surface area (Å²) in [4.78, 5) is 28.8. The van der Waals surface area contributed by atoms with Crippen LogP contribution in [0.2, 0.25) is 0 Å². The van der Waals surface area contributed by atoms with Gasteiger partial charge in [0.2, 0.25) is 5.91 Å². The molecule has 0 bridgehead atoms. The van der Waals surface area contributed by atoms with Crippen LogP contribution in [0.15, 0.2) is 55.1 Å². The third-order valence-corrected chi connectivity index (χ3v) is 5.14. The Morgan fingerprint density at radius 2 is 1.82 bits per heavy atom. The van der Waals surface area contributed by atoms with Crippen LogP contribution in [0.4, 0.5) is 0 Å². The predicted molar refractivity (Wildman–Crippen MR) is 105 cm³/mol. The van der Waals surface area contributed by atoms with Gasteiger partial charge in [0, 0.05) is 23.9 Å². The van der Waals surface area contributed by atoms with E-state index < -0.39 is 6.04 Å².